The number of hydrogen-bond acceptors (Lipinski definition) is 5. The molecule has 3 heterocycles. The molecule has 124 valence electrons. The molecule has 2 aromatic rings. The summed E-state index contributed by atoms with van der Waals surface area (Å²) in [6.45, 7) is 6.17. The zero-order chi connectivity index (χ0) is 16.5. The zero-order valence-electron chi connectivity index (χ0n) is 13.7. The van der Waals surface area contributed by atoms with Gasteiger partial charge in [0.05, 0.1) is 31.0 Å². The van der Waals surface area contributed by atoms with Gasteiger partial charge in [-0.05, 0) is 12.5 Å². The third-order valence-corrected chi connectivity index (χ3v) is 4.46. The van der Waals surface area contributed by atoms with Gasteiger partial charge >= 0.3 is 0 Å². The van der Waals surface area contributed by atoms with Gasteiger partial charge in [0.25, 0.3) is 5.91 Å². The Morgan fingerprint density at radius 1 is 1.25 bits per heavy atom. The standard InChI is InChI=1S/C18H20N4O2/c1-13-3-2-4-14(9-13)11-22-12-16-15(17(22)23)10-19-18(20-16)21-5-7-24-8-6-21/h2-4,9-10H,5-8,11-12H2,1H3. The van der Waals surface area contributed by atoms with Crippen molar-refractivity contribution in [3.63, 3.8) is 0 Å². The van der Waals surface area contributed by atoms with Crippen LogP contribution < -0.4 is 4.90 Å². The molecule has 4 rings (SSSR count). The molecule has 0 aliphatic carbocycles. The number of ether oxygens (including phenoxy) is 1. The van der Waals surface area contributed by atoms with E-state index < -0.39 is 0 Å². The lowest BCUT2D eigenvalue weighted by atomic mass is 10.1. The zero-order valence-corrected chi connectivity index (χ0v) is 13.7. The summed E-state index contributed by atoms with van der Waals surface area (Å²) in [6, 6.07) is 8.24. The SMILES string of the molecule is Cc1cccc(CN2Cc3nc(N4CCOCC4)ncc3C2=O)c1. The minimum atomic E-state index is 0.0139. The third kappa shape index (κ3) is 2.85. The van der Waals surface area contributed by atoms with E-state index in [9.17, 15) is 4.79 Å². The molecule has 0 unspecified atom stereocenters. The molecule has 6 heteroatoms. The number of aryl methyl sites for hydroxylation is 1. The third-order valence-electron chi connectivity index (χ3n) is 4.46. The summed E-state index contributed by atoms with van der Waals surface area (Å²) in [5, 5.41) is 0. The fourth-order valence-corrected chi connectivity index (χ4v) is 3.20. The second-order valence-electron chi connectivity index (χ2n) is 6.28. The Morgan fingerprint density at radius 3 is 2.88 bits per heavy atom. The molecule has 1 amide bonds. The molecule has 0 saturated carbocycles. The molecule has 2 aliphatic heterocycles. The highest BCUT2D eigenvalue weighted by atomic mass is 16.5. The van der Waals surface area contributed by atoms with Crippen molar-refractivity contribution in [1.82, 2.24) is 14.9 Å². The van der Waals surface area contributed by atoms with Gasteiger partial charge in [0.15, 0.2) is 0 Å². The fraction of sp³-hybridized carbons (Fsp3) is 0.389. The Kier molecular flexibility index (Phi) is 3.90. The first-order valence-electron chi connectivity index (χ1n) is 8.24. The molecule has 1 aromatic carbocycles. The normalized spacial score (nSPS) is 17.3. The van der Waals surface area contributed by atoms with Crippen LogP contribution in [0.25, 0.3) is 0 Å². The predicted molar refractivity (Wildman–Crippen MR) is 89.8 cm³/mol. The lowest BCUT2D eigenvalue weighted by molar-refractivity contribution is 0.0766. The van der Waals surface area contributed by atoms with Gasteiger partial charge < -0.3 is 14.5 Å². The smallest absolute Gasteiger partial charge is 0.258 e. The van der Waals surface area contributed by atoms with Gasteiger partial charge in [-0.3, -0.25) is 4.79 Å². The quantitative estimate of drug-likeness (QED) is 0.861. The van der Waals surface area contributed by atoms with E-state index in [-0.39, 0.29) is 5.91 Å². The van der Waals surface area contributed by atoms with Crippen LogP contribution in [0.4, 0.5) is 5.95 Å². The fourth-order valence-electron chi connectivity index (χ4n) is 3.20. The van der Waals surface area contributed by atoms with E-state index in [0.29, 0.717) is 37.8 Å². The van der Waals surface area contributed by atoms with Gasteiger partial charge in [0, 0.05) is 25.8 Å². The molecule has 0 atom stereocenters. The highest BCUT2D eigenvalue weighted by Gasteiger charge is 2.30. The maximum Gasteiger partial charge on any atom is 0.258 e. The lowest BCUT2D eigenvalue weighted by Crippen LogP contribution is -2.37. The number of anilines is 1. The highest BCUT2D eigenvalue weighted by molar-refractivity contribution is 5.97. The van der Waals surface area contributed by atoms with E-state index in [4.69, 9.17) is 4.74 Å². The molecule has 24 heavy (non-hydrogen) atoms. The Hall–Kier alpha value is -2.47. The van der Waals surface area contributed by atoms with Crippen LogP contribution in [0.1, 0.15) is 27.2 Å². The van der Waals surface area contributed by atoms with Crippen LogP contribution in [0.2, 0.25) is 0 Å². The number of aromatic nitrogens is 2. The minimum Gasteiger partial charge on any atom is -0.378 e. The average molecular weight is 324 g/mol. The van der Waals surface area contributed by atoms with E-state index in [2.05, 4.69) is 33.9 Å². The molecule has 2 aliphatic rings. The predicted octanol–water partition coefficient (Wildman–Crippen LogP) is 1.78. The number of fused-ring (bicyclic) bond motifs is 1. The van der Waals surface area contributed by atoms with E-state index in [1.165, 1.54) is 5.56 Å². The Labute approximate surface area is 141 Å². The summed E-state index contributed by atoms with van der Waals surface area (Å²) in [5.74, 6) is 0.710. The van der Waals surface area contributed by atoms with Crippen molar-refractivity contribution >= 4 is 11.9 Å². The lowest BCUT2D eigenvalue weighted by Gasteiger charge is -2.26. The molecule has 0 radical (unpaired) electrons. The number of rotatable bonds is 3. The van der Waals surface area contributed by atoms with Gasteiger partial charge in [0.1, 0.15) is 0 Å². The average Bonchev–Trinajstić information content (AvgIpc) is 2.91. The maximum absolute atomic E-state index is 12.6. The van der Waals surface area contributed by atoms with Crippen molar-refractivity contribution in [3.8, 4) is 0 Å². The Balaban J connectivity index is 1.53. The summed E-state index contributed by atoms with van der Waals surface area (Å²) in [5.41, 5.74) is 3.78. The van der Waals surface area contributed by atoms with E-state index in [1.54, 1.807) is 6.20 Å². The Bertz CT molecular complexity index is 771. The molecule has 0 N–H and O–H groups in total. The van der Waals surface area contributed by atoms with Crippen LogP contribution in [0.5, 0.6) is 0 Å². The molecule has 0 bridgehead atoms. The monoisotopic (exact) mass is 324 g/mol. The van der Waals surface area contributed by atoms with E-state index >= 15 is 0 Å². The highest BCUT2D eigenvalue weighted by Crippen LogP contribution is 2.24. The first-order chi connectivity index (χ1) is 11.7. The van der Waals surface area contributed by atoms with Crippen molar-refractivity contribution in [2.75, 3.05) is 31.2 Å². The van der Waals surface area contributed by atoms with Crippen LogP contribution >= 0.6 is 0 Å². The van der Waals surface area contributed by atoms with Gasteiger partial charge in [-0.2, -0.15) is 0 Å². The summed E-state index contributed by atoms with van der Waals surface area (Å²) >= 11 is 0. The number of amides is 1. The number of carbonyl (C=O) groups excluding carboxylic acids is 1. The maximum atomic E-state index is 12.6. The topological polar surface area (TPSA) is 58.6 Å². The summed E-state index contributed by atoms with van der Waals surface area (Å²) in [6.07, 6.45) is 1.67. The van der Waals surface area contributed by atoms with Crippen LogP contribution in [0, 0.1) is 6.92 Å². The first kappa shape index (κ1) is 15.1. The number of hydrogen-bond donors (Lipinski definition) is 0. The molecule has 6 nitrogen and oxygen atoms in total. The molecular weight excluding hydrogens is 304 g/mol. The Morgan fingerprint density at radius 2 is 2.08 bits per heavy atom. The van der Waals surface area contributed by atoms with Gasteiger partial charge in [-0.1, -0.05) is 29.8 Å². The van der Waals surface area contributed by atoms with Crippen LogP contribution in [0.15, 0.2) is 30.5 Å². The second-order valence-corrected chi connectivity index (χ2v) is 6.28. The van der Waals surface area contributed by atoms with Gasteiger partial charge in [-0.15, -0.1) is 0 Å². The summed E-state index contributed by atoms with van der Waals surface area (Å²) < 4.78 is 5.36. The van der Waals surface area contributed by atoms with Crippen LogP contribution in [-0.4, -0.2) is 47.1 Å². The van der Waals surface area contributed by atoms with Crippen molar-refractivity contribution in [2.24, 2.45) is 0 Å². The van der Waals surface area contributed by atoms with Gasteiger partial charge in [-0.25, -0.2) is 9.97 Å². The van der Waals surface area contributed by atoms with Crippen molar-refractivity contribution in [1.29, 1.82) is 0 Å². The van der Waals surface area contributed by atoms with E-state index in [0.717, 1.165) is 24.3 Å². The molecule has 1 aromatic heterocycles. The number of carbonyl (C=O) groups is 1. The summed E-state index contributed by atoms with van der Waals surface area (Å²) in [7, 11) is 0. The second kappa shape index (κ2) is 6.20. The number of morpholine rings is 1. The van der Waals surface area contributed by atoms with Crippen molar-refractivity contribution < 1.29 is 9.53 Å². The van der Waals surface area contributed by atoms with Crippen LogP contribution in [0.3, 0.4) is 0 Å². The van der Waals surface area contributed by atoms with Gasteiger partial charge in [0.2, 0.25) is 5.95 Å². The first-order valence-corrected chi connectivity index (χ1v) is 8.24. The molecule has 1 saturated heterocycles. The van der Waals surface area contributed by atoms with Crippen molar-refractivity contribution in [3.05, 3.63) is 52.8 Å². The van der Waals surface area contributed by atoms with E-state index in [1.807, 2.05) is 17.0 Å². The van der Waals surface area contributed by atoms with Crippen molar-refractivity contribution in [2.45, 2.75) is 20.0 Å². The number of benzene rings is 1. The molecular formula is C18H20N4O2. The minimum absolute atomic E-state index is 0.0139. The van der Waals surface area contributed by atoms with Crippen LogP contribution in [-0.2, 0) is 17.8 Å². The number of nitrogens with zero attached hydrogens (tertiary/aromatic N) is 4. The largest absolute Gasteiger partial charge is 0.378 e. The summed E-state index contributed by atoms with van der Waals surface area (Å²) in [4.78, 5) is 25.6. The molecule has 0 spiro atoms. The molecule has 1 fully saturated rings.